The summed E-state index contributed by atoms with van der Waals surface area (Å²) in [6, 6.07) is 13.3. The molecule has 7 nitrogen and oxygen atoms in total. The first-order valence-corrected chi connectivity index (χ1v) is 12.2. The number of amides is 1. The zero-order chi connectivity index (χ0) is 23.7. The topological polar surface area (TPSA) is 78.5 Å². The van der Waals surface area contributed by atoms with E-state index in [1.807, 2.05) is 17.0 Å². The molecule has 1 aromatic heterocycles. The van der Waals surface area contributed by atoms with Gasteiger partial charge in [-0.2, -0.15) is 0 Å². The second-order valence-corrected chi connectivity index (χ2v) is 9.58. The summed E-state index contributed by atoms with van der Waals surface area (Å²) in [6.45, 7) is 5.16. The molecule has 7 heteroatoms. The fraction of sp³-hybridized carbons (Fsp3) is 0.444. The molecule has 1 atom stereocenters. The Hall–Kier alpha value is -3.19. The molecule has 0 radical (unpaired) electrons. The Labute approximate surface area is 199 Å². The lowest BCUT2D eigenvalue weighted by Gasteiger charge is -2.35. The Morgan fingerprint density at radius 1 is 1.06 bits per heavy atom. The van der Waals surface area contributed by atoms with Gasteiger partial charge in [0, 0.05) is 6.54 Å². The number of likely N-dealkylation sites (tertiary alicyclic amines) is 2. The van der Waals surface area contributed by atoms with E-state index < -0.39 is 0 Å². The number of rotatable bonds is 6. The lowest BCUT2D eigenvalue weighted by atomic mass is 9.89. The maximum absolute atomic E-state index is 13.2. The zero-order valence-corrected chi connectivity index (χ0v) is 19.9. The number of piperidine rings is 1. The summed E-state index contributed by atoms with van der Waals surface area (Å²) in [5.74, 6) is 2.43. The number of imidazole rings is 1. The van der Waals surface area contributed by atoms with Crippen molar-refractivity contribution in [3.63, 3.8) is 0 Å². The monoisotopic (exact) mass is 460 g/mol. The van der Waals surface area contributed by atoms with Gasteiger partial charge in [-0.05, 0) is 80.9 Å². The summed E-state index contributed by atoms with van der Waals surface area (Å²) in [5.41, 5.74) is 3.57. The van der Waals surface area contributed by atoms with Gasteiger partial charge in [0.15, 0.2) is 0 Å². The number of aryl methyl sites for hydroxylation is 1. The molecule has 1 unspecified atom stereocenters. The number of benzene rings is 1. The van der Waals surface area contributed by atoms with Crippen molar-refractivity contribution in [1.82, 2.24) is 19.8 Å². The van der Waals surface area contributed by atoms with E-state index >= 15 is 0 Å². The van der Waals surface area contributed by atoms with E-state index in [2.05, 4.69) is 40.0 Å². The third-order valence-corrected chi connectivity index (χ3v) is 7.32. The van der Waals surface area contributed by atoms with Crippen molar-refractivity contribution in [2.75, 3.05) is 26.7 Å². The smallest absolute Gasteiger partial charge is 0.240 e. The van der Waals surface area contributed by atoms with E-state index in [4.69, 9.17) is 4.74 Å². The van der Waals surface area contributed by atoms with Crippen molar-refractivity contribution >= 4 is 16.9 Å². The summed E-state index contributed by atoms with van der Waals surface area (Å²) >= 11 is 0. The van der Waals surface area contributed by atoms with Crippen LogP contribution in [0.15, 0.2) is 47.3 Å². The van der Waals surface area contributed by atoms with Gasteiger partial charge in [-0.15, -0.1) is 0 Å². The van der Waals surface area contributed by atoms with E-state index in [1.165, 1.54) is 17.2 Å². The van der Waals surface area contributed by atoms with Crippen molar-refractivity contribution in [1.29, 1.82) is 0 Å². The number of nitrogens with zero attached hydrogens (tertiary/aromatic N) is 3. The fourth-order valence-electron chi connectivity index (χ4n) is 5.46. The molecule has 2 aliphatic rings. The molecule has 2 aromatic carbocycles. The molecule has 1 amide bonds. The number of aromatic amines is 1. The minimum absolute atomic E-state index is 0.0403. The Morgan fingerprint density at radius 2 is 1.85 bits per heavy atom. The van der Waals surface area contributed by atoms with E-state index in [0.29, 0.717) is 29.3 Å². The number of nitrogens with one attached hydrogen (secondary N) is 1. The van der Waals surface area contributed by atoms with Crippen molar-refractivity contribution < 1.29 is 9.53 Å². The SMILES string of the molecule is COc1ccc(CC2CCN(C3CCN(Cc4nc5c(=O)ccccc5[nH]4)C3=O)CC2)cc1C. The summed E-state index contributed by atoms with van der Waals surface area (Å²) in [6.07, 6.45) is 4.15. The van der Waals surface area contributed by atoms with Crippen molar-refractivity contribution in [2.45, 2.75) is 45.2 Å². The Balaban J connectivity index is 1.17. The second kappa shape index (κ2) is 9.58. The standard InChI is InChI=1S/C27H32N4O3/c1-18-15-20(7-8-24(18)34-2)16-19-9-12-30(13-10-19)22-11-14-31(27(22)33)17-25-28-21-5-3-4-6-23(32)26(21)29-25/h3-8,15,19,22H,9-14,16-17H2,1-2H3,(H,28,29). The van der Waals surface area contributed by atoms with Crippen molar-refractivity contribution in [3.8, 4) is 5.75 Å². The van der Waals surface area contributed by atoms with Gasteiger partial charge in [0.2, 0.25) is 11.3 Å². The van der Waals surface area contributed by atoms with Crippen LogP contribution < -0.4 is 10.2 Å². The lowest BCUT2D eigenvalue weighted by Crippen LogP contribution is -2.46. The molecule has 0 saturated carbocycles. The third kappa shape index (κ3) is 4.57. The minimum atomic E-state index is -0.110. The van der Waals surface area contributed by atoms with Crippen LogP contribution in [0.3, 0.4) is 0 Å². The van der Waals surface area contributed by atoms with Gasteiger partial charge in [0.1, 0.15) is 17.1 Å². The zero-order valence-electron chi connectivity index (χ0n) is 19.9. The van der Waals surface area contributed by atoms with Crippen LogP contribution in [-0.2, 0) is 17.8 Å². The van der Waals surface area contributed by atoms with E-state index in [-0.39, 0.29) is 17.4 Å². The van der Waals surface area contributed by atoms with E-state index in [9.17, 15) is 9.59 Å². The molecule has 2 aliphatic heterocycles. The van der Waals surface area contributed by atoms with Crippen LogP contribution in [-0.4, -0.2) is 58.5 Å². The maximum Gasteiger partial charge on any atom is 0.240 e. The fourth-order valence-corrected chi connectivity index (χ4v) is 5.46. The first-order chi connectivity index (χ1) is 16.5. The highest BCUT2D eigenvalue weighted by Crippen LogP contribution is 2.28. The molecule has 0 spiro atoms. The first-order valence-electron chi connectivity index (χ1n) is 12.2. The summed E-state index contributed by atoms with van der Waals surface area (Å²) in [7, 11) is 1.71. The highest BCUT2D eigenvalue weighted by Gasteiger charge is 2.37. The molecule has 3 heterocycles. The van der Waals surface area contributed by atoms with Gasteiger partial charge in [-0.3, -0.25) is 14.5 Å². The summed E-state index contributed by atoms with van der Waals surface area (Å²) < 4.78 is 5.38. The van der Waals surface area contributed by atoms with Gasteiger partial charge in [0.25, 0.3) is 0 Å². The molecule has 3 aromatic rings. The molecule has 178 valence electrons. The molecule has 0 aliphatic carbocycles. The molecule has 5 rings (SSSR count). The van der Waals surface area contributed by atoms with Crippen LogP contribution in [0.5, 0.6) is 5.75 Å². The molecular formula is C27H32N4O3. The number of fused-ring (bicyclic) bond motifs is 1. The molecule has 2 saturated heterocycles. The third-order valence-electron chi connectivity index (χ3n) is 7.32. The highest BCUT2D eigenvalue weighted by molar-refractivity contribution is 5.84. The predicted molar refractivity (Wildman–Crippen MR) is 132 cm³/mol. The molecule has 0 bridgehead atoms. The second-order valence-electron chi connectivity index (χ2n) is 9.58. The van der Waals surface area contributed by atoms with Crippen molar-refractivity contribution in [3.05, 3.63) is 69.6 Å². The summed E-state index contributed by atoms with van der Waals surface area (Å²) in [5, 5.41) is 0. The van der Waals surface area contributed by atoms with Crippen molar-refractivity contribution in [2.24, 2.45) is 5.92 Å². The molecule has 1 N–H and O–H groups in total. The van der Waals surface area contributed by atoms with E-state index in [1.54, 1.807) is 13.2 Å². The number of H-pyrrole nitrogens is 1. The number of aromatic nitrogens is 2. The number of hydrogen-bond acceptors (Lipinski definition) is 5. The molecular weight excluding hydrogens is 428 g/mol. The van der Waals surface area contributed by atoms with Crippen LogP contribution in [0.25, 0.3) is 11.0 Å². The largest absolute Gasteiger partial charge is 0.496 e. The Bertz CT molecular complexity index is 1250. The molecule has 2 fully saturated rings. The van der Waals surface area contributed by atoms with Gasteiger partial charge in [-0.25, -0.2) is 4.98 Å². The number of methoxy groups -OCH3 is 1. The summed E-state index contributed by atoms with van der Waals surface area (Å²) in [4.78, 5) is 37.3. The van der Waals surface area contributed by atoms with Gasteiger partial charge >= 0.3 is 0 Å². The number of carbonyl (C=O) groups is 1. The average Bonchev–Trinajstić information content (AvgIpc) is 3.36. The lowest BCUT2D eigenvalue weighted by molar-refractivity contribution is -0.133. The van der Waals surface area contributed by atoms with Gasteiger partial charge in [-0.1, -0.05) is 24.3 Å². The van der Waals surface area contributed by atoms with Gasteiger partial charge in [0.05, 0.1) is 25.2 Å². The predicted octanol–water partition coefficient (Wildman–Crippen LogP) is 3.30. The Morgan fingerprint density at radius 3 is 2.62 bits per heavy atom. The quantitative estimate of drug-likeness (QED) is 0.611. The van der Waals surface area contributed by atoms with E-state index in [0.717, 1.165) is 51.1 Å². The van der Waals surface area contributed by atoms with Crippen LogP contribution in [0.4, 0.5) is 0 Å². The maximum atomic E-state index is 13.2. The highest BCUT2D eigenvalue weighted by atomic mass is 16.5. The van der Waals surface area contributed by atoms with Crippen LogP contribution in [0, 0.1) is 12.8 Å². The minimum Gasteiger partial charge on any atom is -0.496 e. The van der Waals surface area contributed by atoms with Crippen LogP contribution in [0.2, 0.25) is 0 Å². The Kier molecular flexibility index (Phi) is 6.37. The molecule has 34 heavy (non-hydrogen) atoms. The van der Waals surface area contributed by atoms with Crippen LogP contribution >= 0.6 is 0 Å². The normalized spacial score (nSPS) is 19.8. The number of carbonyl (C=O) groups excluding carboxylic acids is 1. The van der Waals surface area contributed by atoms with Gasteiger partial charge < -0.3 is 14.6 Å². The van der Waals surface area contributed by atoms with Crippen LogP contribution in [0.1, 0.15) is 36.2 Å². The first kappa shape index (κ1) is 22.6. The number of hydrogen-bond donors (Lipinski definition) is 1. The average molecular weight is 461 g/mol. The number of ether oxygens (including phenoxy) is 1.